The van der Waals surface area contributed by atoms with Crippen molar-refractivity contribution in [3.63, 3.8) is 0 Å². The zero-order chi connectivity index (χ0) is 15.4. The van der Waals surface area contributed by atoms with Crippen LogP contribution in [0, 0.1) is 12.8 Å². The van der Waals surface area contributed by atoms with Crippen LogP contribution in [0.3, 0.4) is 0 Å². The van der Waals surface area contributed by atoms with Crippen molar-refractivity contribution in [1.82, 2.24) is 4.90 Å². The molecule has 0 atom stereocenters. The van der Waals surface area contributed by atoms with Gasteiger partial charge in [0.1, 0.15) is 0 Å². The number of carbonyl (C=O) groups excluding carboxylic acids is 1. The van der Waals surface area contributed by atoms with E-state index in [4.69, 9.17) is 0 Å². The number of aryl methyl sites for hydroxylation is 1. The summed E-state index contributed by atoms with van der Waals surface area (Å²) in [5.41, 5.74) is 2.93. The maximum Gasteiger partial charge on any atom is 0.256 e. The molecule has 0 bridgehead atoms. The Labute approximate surface area is 128 Å². The maximum absolute atomic E-state index is 13.0. The molecule has 1 saturated carbocycles. The van der Waals surface area contributed by atoms with Gasteiger partial charge in [0.15, 0.2) is 0 Å². The molecule has 0 heterocycles. The molecule has 0 unspecified atom stereocenters. The third kappa shape index (κ3) is 4.23. The van der Waals surface area contributed by atoms with E-state index in [2.05, 4.69) is 37.1 Å². The van der Waals surface area contributed by atoms with Gasteiger partial charge in [0.2, 0.25) is 0 Å². The Kier molecular flexibility index (Phi) is 5.27. The van der Waals surface area contributed by atoms with Crippen LogP contribution in [0.4, 0.5) is 5.69 Å². The van der Waals surface area contributed by atoms with Crippen LogP contribution in [0.1, 0.15) is 56.0 Å². The first kappa shape index (κ1) is 15.9. The van der Waals surface area contributed by atoms with Gasteiger partial charge in [0.05, 0.1) is 5.56 Å². The van der Waals surface area contributed by atoms with Crippen molar-refractivity contribution in [1.29, 1.82) is 0 Å². The molecular weight excluding hydrogens is 260 g/mol. The Hall–Kier alpha value is -1.51. The van der Waals surface area contributed by atoms with Crippen LogP contribution in [0.15, 0.2) is 18.2 Å². The van der Waals surface area contributed by atoms with E-state index in [1.807, 2.05) is 19.1 Å². The topological polar surface area (TPSA) is 32.3 Å². The minimum Gasteiger partial charge on any atom is -0.385 e. The molecule has 1 aromatic rings. The van der Waals surface area contributed by atoms with Crippen molar-refractivity contribution in [2.75, 3.05) is 18.4 Å². The molecule has 3 heteroatoms. The lowest BCUT2D eigenvalue weighted by Gasteiger charge is -2.25. The minimum absolute atomic E-state index is 0.192. The SMILES string of the molecule is CCNc1ccc(C)cc1C(=O)N(CCC(C)C)C1CC1. The van der Waals surface area contributed by atoms with E-state index in [-0.39, 0.29) is 5.91 Å². The van der Waals surface area contributed by atoms with Crippen LogP contribution < -0.4 is 5.32 Å². The highest BCUT2D eigenvalue weighted by molar-refractivity contribution is 6.00. The number of nitrogens with one attached hydrogen (secondary N) is 1. The highest BCUT2D eigenvalue weighted by atomic mass is 16.2. The molecule has 1 aliphatic rings. The predicted octanol–water partition coefficient (Wildman–Crippen LogP) is 4.08. The normalized spacial score (nSPS) is 14.3. The molecule has 0 aliphatic heterocycles. The Morgan fingerprint density at radius 2 is 2.10 bits per heavy atom. The molecule has 1 aromatic carbocycles. The fourth-order valence-electron chi connectivity index (χ4n) is 2.57. The summed E-state index contributed by atoms with van der Waals surface area (Å²) in [4.78, 5) is 15.1. The summed E-state index contributed by atoms with van der Waals surface area (Å²) in [7, 11) is 0. The molecule has 1 aliphatic carbocycles. The summed E-state index contributed by atoms with van der Waals surface area (Å²) in [5, 5.41) is 3.32. The zero-order valence-corrected chi connectivity index (χ0v) is 13.8. The third-order valence-electron chi connectivity index (χ3n) is 3.97. The molecule has 3 nitrogen and oxygen atoms in total. The first-order chi connectivity index (χ1) is 10.0. The van der Waals surface area contributed by atoms with E-state index in [1.165, 1.54) is 0 Å². The number of benzene rings is 1. The summed E-state index contributed by atoms with van der Waals surface area (Å²) in [6.45, 7) is 10.2. The second-order valence-electron chi connectivity index (χ2n) is 6.49. The van der Waals surface area contributed by atoms with Gasteiger partial charge in [-0.2, -0.15) is 0 Å². The van der Waals surface area contributed by atoms with Crippen LogP contribution in [0.25, 0.3) is 0 Å². The molecule has 1 N–H and O–H groups in total. The molecule has 21 heavy (non-hydrogen) atoms. The van der Waals surface area contributed by atoms with Crippen LogP contribution in [0.5, 0.6) is 0 Å². The quantitative estimate of drug-likeness (QED) is 0.820. The van der Waals surface area contributed by atoms with E-state index in [9.17, 15) is 4.79 Å². The Balaban J connectivity index is 2.21. The van der Waals surface area contributed by atoms with E-state index in [0.717, 1.165) is 49.2 Å². The molecule has 0 spiro atoms. The molecule has 0 aromatic heterocycles. The van der Waals surface area contributed by atoms with Gasteiger partial charge in [-0.1, -0.05) is 25.5 Å². The first-order valence-electron chi connectivity index (χ1n) is 8.18. The van der Waals surface area contributed by atoms with Gasteiger partial charge in [-0.15, -0.1) is 0 Å². The van der Waals surface area contributed by atoms with Gasteiger partial charge in [-0.05, 0) is 51.2 Å². The number of rotatable bonds is 7. The summed E-state index contributed by atoms with van der Waals surface area (Å²) < 4.78 is 0. The van der Waals surface area contributed by atoms with E-state index in [0.29, 0.717) is 12.0 Å². The van der Waals surface area contributed by atoms with Gasteiger partial charge >= 0.3 is 0 Å². The maximum atomic E-state index is 13.0. The number of anilines is 1. The van der Waals surface area contributed by atoms with Crippen molar-refractivity contribution in [3.05, 3.63) is 29.3 Å². The zero-order valence-electron chi connectivity index (χ0n) is 13.8. The third-order valence-corrected chi connectivity index (χ3v) is 3.97. The number of hydrogen-bond donors (Lipinski definition) is 1. The highest BCUT2D eigenvalue weighted by Gasteiger charge is 2.33. The number of carbonyl (C=O) groups is 1. The van der Waals surface area contributed by atoms with Crippen molar-refractivity contribution in [3.8, 4) is 0 Å². The lowest BCUT2D eigenvalue weighted by atomic mass is 10.1. The summed E-state index contributed by atoms with van der Waals surface area (Å²) in [5.74, 6) is 0.822. The lowest BCUT2D eigenvalue weighted by molar-refractivity contribution is 0.0736. The second-order valence-corrected chi connectivity index (χ2v) is 6.49. The molecule has 0 saturated heterocycles. The lowest BCUT2D eigenvalue weighted by Crippen LogP contribution is -2.35. The predicted molar refractivity (Wildman–Crippen MR) is 88.9 cm³/mol. The number of amides is 1. The van der Waals surface area contributed by atoms with Crippen molar-refractivity contribution in [2.24, 2.45) is 5.92 Å². The number of hydrogen-bond acceptors (Lipinski definition) is 2. The van der Waals surface area contributed by atoms with E-state index in [1.54, 1.807) is 0 Å². The summed E-state index contributed by atoms with van der Waals surface area (Å²) >= 11 is 0. The largest absolute Gasteiger partial charge is 0.385 e. The fraction of sp³-hybridized carbons (Fsp3) is 0.611. The monoisotopic (exact) mass is 288 g/mol. The van der Waals surface area contributed by atoms with Crippen LogP contribution in [-0.2, 0) is 0 Å². The smallest absolute Gasteiger partial charge is 0.256 e. The van der Waals surface area contributed by atoms with Gasteiger partial charge in [-0.3, -0.25) is 4.79 Å². The van der Waals surface area contributed by atoms with Gasteiger partial charge in [0, 0.05) is 24.8 Å². The van der Waals surface area contributed by atoms with E-state index >= 15 is 0 Å². The van der Waals surface area contributed by atoms with Crippen molar-refractivity contribution < 1.29 is 4.79 Å². The summed E-state index contributed by atoms with van der Waals surface area (Å²) in [6.07, 6.45) is 3.39. The average Bonchev–Trinajstić information content (AvgIpc) is 3.25. The molecule has 2 rings (SSSR count). The Morgan fingerprint density at radius 1 is 1.38 bits per heavy atom. The van der Waals surface area contributed by atoms with Gasteiger partial charge in [-0.25, -0.2) is 0 Å². The number of nitrogens with zero attached hydrogens (tertiary/aromatic N) is 1. The molecular formula is C18H28N2O. The Bertz CT molecular complexity index is 492. The summed E-state index contributed by atoms with van der Waals surface area (Å²) in [6, 6.07) is 6.57. The first-order valence-corrected chi connectivity index (χ1v) is 8.18. The second kappa shape index (κ2) is 6.97. The van der Waals surface area contributed by atoms with Crippen LogP contribution in [-0.4, -0.2) is 29.9 Å². The van der Waals surface area contributed by atoms with Crippen molar-refractivity contribution >= 4 is 11.6 Å². The van der Waals surface area contributed by atoms with E-state index < -0.39 is 0 Å². The standard InChI is InChI=1S/C18H28N2O/c1-5-19-17-9-6-14(4)12-16(17)18(21)20(15-7-8-15)11-10-13(2)3/h6,9,12-13,15,19H,5,7-8,10-11H2,1-4H3. The highest BCUT2D eigenvalue weighted by Crippen LogP contribution is 2.30. The Morgan fingerprint density at radius 3 is 2.67 bits per heavy atom. The fourth-order valence-corrected chi connectivity index (χ4v) is 2.57. The van der Waals surface area contributed by atoms with Crippen LogP contribution in [0.2, 0.25) is 0 Å². The minimum atomic E-state index is 0.192. The van der Waals surface area contributed by atoms with Gasteiger partial charge < -0.3 is 10.2 Å². The van der Waals surface area contributed by atoms with Crippen molar-refractivity contribution in [2.45, 2.75) is 53.0 Å². The molecule has 0 radical (unpaired) electrons. The van der Waals surface area contributed by atoms with Crippen LogP contribution >= 0.6 is 0 Å². The van der Waals surface area contributed by atoms with Gasteiger partial charge in [0.25, 0.3) is 5.91 Å². The average molecular weight is 288 g/mol. The molecule has 116 valence electrons. The molecule has 1 fully saturated rings. The molecule has 1 amide bonds.